The van der Waals surface area contributed by atoms with Gasteiger partial charge in [0.15, 0.2) is 5.78 Å². The number of ether oxygens (including phenoxy) is 1. The van der Waals surface area contributed by atoms with Gasteiger partial charge >= 0.3 is 0 Å². The summed E-state index contributed by atoms with van der Waals surface area (Å²) in [5, 5.41) is 2.79. The van der Waals surface area contributed by atoms with E-state index in [1.54, 1.807) is 30.5 Å². The van der Waals surface area contributed by atoms with Gasteiger partial charge in [-0.3, -0.25) is 9.59 Å². The molecule has 5 nitrogen and oxygen atoms in total. The highest BCUT2D eigenvalue weighted by molar-refractivity contribution is 5.94. The van der Waals surface area contributed by atoms with Crippen molar-refractivity contribution in [3.63, 3.8) is 0 Å². The summed E-state index contributed by atoms with van der Waals surface area (Å²) in [5.41, 5.74) is 1.59. The minimum Gasteiger partial charge on any atom is -0.494 e. The Morgan fingerprint density at radius 3 is 2.57 bits per heavy atom. The Labute approximate surface area is 135 Å². The summed E-state index contributed by atoms with van der Waals surface area (Å²) in [5.74, 6) is 1.23. The highest BCUT2D eigenvalue weighted by Crippen LogP contribution is 2.13. The van der Waals surface area contributed by atoms with Crippen LogP contribution in [-0.4, -0.2) is 23.3 Å². The van der Waals surface area contributed by atoms with Crippen molar-refractivity contribution < 1.29 is 14.3 Å². The first-order valence-electron chi connectivity index (χ1n) is 7.51. The number of Topliss-reactive ketones (excluding diaryl/α,β-unsaturated/α-hetero) is 1. The van der Waals surface area contributed by atoms with E-state index < -0.39 is 0 Å². The van der Waals surface area contributed by atoms with E-state index in [1.807, 2.05) is 19.1 Å². The van der Waals surface area contributed by atoms with E-state index in [0.29, 0.717) is 36.6 Å². The van der Waals surface area contributed by atoms with Crippen molar-refractivity contribution in [1.82, 2.24) is 4.98 Å². The molecule has 0 atom stereocenters. The third-order valence-corrected chi connectivity index (χ3v) is 3.35. The van der Waals surface area contributed by atoms with Gasteiger partial charge in [0.2, 0.25) is 5.91 Å². The number of nitrogens with one attached hydrogen (secondary N) is 1. The number of amides is 1. The Kier molecular flexibility index (Phi) is 5.86. The van der Waals surface area contributed by atoms with Crippen LogP contribution in [-0.2, 0) is 4.79 Å². The minimum absolute atomic E-state index is 0.0260. The van der Waals surface area contributed by atoms with Gasteiger partial charge in [-0.25, -0.2) is 4.98 Å². The molecule has 0 bridgehead atoms. The fraction of sp³-hybridized carbons (Fsp3) is 0.278. The van der Waals surface area contributed by atoms with Crippen molar-refractivity contribution in [1.29, 1.82) is 0 Å². The molecule has 2 aromatic rings. The van der Waals surface area contributed by atoms with Crippen LogP contribution in [0, 0.1) is 6.92 Å². The fourth-order valence-corrected chi connectivity index (χ4v) is 2.02. The molecule has 23 heavy (non-hydrogen) atoms. The zero-order chi connectivity index (χ0) is 16.7. The van der Waals surface area contributed by atoms with E-state index in [1.165, 1.54) is 6.92 Å². The lowest BCUT2D eigenvalue weighted by Gasteiger charge is -2.08. The highest BCUT2D eigenvalue weighted by atomic mass is 16.5. The molecule has 0 aliphatic rings. The van der Waals surface area contributed by atoms with Gasteiger partial charge in [-0.1, -0.05) is 6.07 Å². The van der Waals surface area contributed by atoms with E-state index in [2.05, 4.69) is 10.3 Å². The number of hydrogen-bond donors (Lipinski definition) is 1. The third kappa shape index (κ3) is 5.21. The van der Waals surface area contributed by atoms with Crippen LogP contribution in [0.15, 0.2) is 42.6 Å². The van der Waals surface area contributed by atoms with Crippen molar-refractivity contribution in [2.24, 2.45) is 0 Å². The van der Waals surface area contributed by atoms with Crippen LogP contribution in [0.2, 0.25) is 0 Å². The van der Waals surface area contributed by atoms with E-state index in [9.17, 15) is 9.59 Å². The molecule has 1 N–H and O–H groups in total. The van der Waals surface area contributed by atoms with E-state index in [-0.39, 0.29) is 11.7 Å². The summed E-state index contributed by atoms with van der Waals surface area (Å²) in [4.78, 5) is 27.2. The first kappa shape index (κ1) is 16.7. The molecule has 0 saturated carbocycles. The number of anilines is 1. The van der Waals surface area contributed by atoms with Crippen molar-refractivity contribution in [2.75, 3.05) is 11.9 Å². The molecule has 0 aliphatic heterocycles. The maximum Gasteiger partial charge on any atom is 0.225 e. The molecule has 0 saturated heterocycles. The Morgan fingerprint density at radius 2 is 1.91 bits per heavy atom. The molecular weight excluding hydrogens is 292 g/mol. The van der Waals surface area contributed by atoms with Crippen LogP contribution in [0.4, 0.5) is 5.82 Å². The second-order valence-electron chi connectivity index (χ2n) is 5.25. The van der Waals surface area contributed by atoms with Gasteiger partial charge in [0, 0.05) is 18.2 Å². The standard InChI is InChI=1S/C18H20N2O3/c1-13-5-3-11-19-18(13)20-17(22)6-4-12-23-16-9-7-15(8-10-16)14(2)21/h3,5,7-11H,4,6,12H2,1-2H3,(H,19,20,22). The van der Waals surface area contributed by atoms with Crippen LogP contribution < -0.4 is 10.1 Å². The van der Waals surface area contributed by atoms with Gasteiger partial charge in [-0.15, -0.1) is 0 Å². The van der Waals surface area contributed by atoms with Crippen molar-refractivity contribution in [2.45, 2.75) is 26.7 Å². The molecule has 0 spiro atoms. The Bertz CT molecular complexity index is 681. The zero-order valence-electron chi connectivity index (χ0n) is 13.3. The number of pyridine rings is 1. The Balaban J connectivity index is 1.71. The van der Waals surface area contributed by atoms with Crippen LogP contribution >= 0.6 is 0 Å². The highest BCUT2D eigenvalue weighted by Gasteiger charge is 2.05. The number of hydrogen-bond acceptors (Lipinski definition) is 4. The van der Waals surface area contributed by atoms with Gasteiger partial charge in [-0.05, 0) is 56.2 Å². The SMILES string of the molecule is CC(=O)c1ccc(OCCCC(=O)Nc2ncccc2C)cc1. The molecule has 1 heterocycles. The van der Waals surface area contributed by atoms with E-state index >= 15 is 0 Å². The number of ketones is 1. The maximum atomic E-state index is 11.9. The summed E-state index contributed by atoms with van der Waals surface area (Å²) >= 11 is 0. The lowest BCUT2D eigenvalue weighted by Crippen LogP contribution is -2.14. The quantitative estimate of drug-likeness (QED) is 0.628. The molecule has 120 valence electrons. The zero-order valence-corrected chi connectivity index (χ0v) is 13.3. The van der Waals surface area contributed by atoms with Crippen LogP contribution in [0.5, 0.6) is 5.75 Å². The monoisotopic (exact) mass is 312 g/mol. The van der Waals surface area contributed by atoms with Crippen LogP contribution in [0.3, 0.4) is 0 Å². The van der Waals surface area contributed by atoms with Gasteiger partial charge < -0.3 is 10.1 Å². The van der Waals surface area contributed by atoms with Gasteiger partial charge in [-0.2, -0.15) is 0 Å². The molecule has 0 aliphatic carbocycles. The molecular formula is C18H20N2O3. The first-order chi connectivity index (χ1) is 11.1. The first-order valence-corrected chi connectivity index (χ1v) is 7.51. The summed E-state index contributed by atoms with van der Waals surface area (Å²) in [6.45, 7) is 3.86. The summed E-state index contributed by atoms with van der Waals surface area (Å²) in [6.07, 6.45) is 2.62. The molecule has 0 radical (unpaired) electrons. The molecule has 1 aromatic carbocycles. The number of carbonyl (C=O) groups excluding carboxylic acids is 2. The van der Waals surface area contributed by atoms with Gasteiger partial charge in [0.05, 0.1) is 6.61 Å². The minimum atomic E-state index is -0.0812. The Hall–Kier alpha value is -2.69. The summed E-state index contributed by atoms with van der Waals surface area (Å²) < 4.78 is 5.56. The fourth-order valence-electron chi connectivity index (χ4n) is 2.02. The van der Waals surface area contributed by atoms with Crippen LogP contribution in [0.25, 0.3) is 0 Å². The molecule has 1 amide bonds. The van der Waals surface area contributed by atoms with E-state index in [0.717, 1.165) is 5.56 Å². The van der Waals surface area contributed by atoms with Crippen LogP contribution in [0.1, 0.15) is 35.7 Å². The largest absolute Gasteiger partial charge is 0.494 e. The lowest BCUT2D eigenvalue weighted by molar-refractivity contribution is -0.116. The van der Waals surface area contributed by atoms with Crippen molar-refractivity contribution >= 4 is 17.5 Å². The topological polar surface area (TPSA) is 68.3 Å². The maximum absolute atomic E-state index is 11.9. The predicted molar refractivity (Wildman–Crippen MR) is 88.8 cm³/mol. The smallest absolute Gasteiger partial charge is 0.225 e. The third-order valence-electron chi connectivity index (χ3n) is 3.35. The van der Waals surface area contributed by atoms with E-state index in [4.69, 9.17) is 4.74 Å². The normalized spacial score (nSPS) is 10.2. The van der Waals surface area contributed by atoms with Crippen molar-refractivity contribution in [3.05, 3.63) is 53.7 Å². The molecule has 0 fully saturated rings. The summed E-state index contributed by atoms with van der Waals surface area (Å²) in [7, 11) is 0. The second kappa shape index (κ2) is 8.08. The Morgan fingerprint density at radius 1 is 1.17 bits per heavy atom. The molecule has 2 rings (SSSR count). The second-order valence-corrected chi connectivity index (χ2v) is 5.25. The average Bonchev–Trinajstić information content (AvgIpc) is 2.54. The number of benzene rings is 1. The predicted octanol–water partition coefficient (Wildman–Crippen LogP) is 3.39. The number of rotatable bonds is 7. The van der Waals surface area contributed by atoms with Gasteiger partial charge in [0.25, 0.3) is 0 Å². The van der Waals surface area contributed by atoms with Crippen molar-refractivity contribution in [3.8, 4) is 5.75 Å². The number of aromatic nitrogens is 1. The number of nitrogens with zero attached hydrogens (tertiary/aromatic N) is 1. The number of carbonyl (C=O) groups is 2. The molecule has 1 aromatic heterocycles. The number of aryl methyl sites for hydroxylation is 1. The average molecular weight is 312 g/mol. The van der Waals surface area contributed by atoms with Gasteiger partial charge in [0.1, 0.15) is 11.6 Å². The summed E-state index contributed by atoms with van der Waals surface area (Å²) in [6, 6.07) is 10.7. The molecule has 5 heteroatoms. The molecule has 0 unspecified atom stereocenters. The lowest BCUT2D eigenvalue weighted by atomic mass is 10.1.